The highest BCUT2D eigenvalue weighted by Crippen LogP contribution is 2.24. The summed E-state index contributed by atoms with van der Waals surface area (Å²) >= 11 is 0.967. The molecule has 2 rings (SSSR count). The van der Waals surface area contributed by atoms with Crippen molar-refractivity contribution in [2.24, 2.45) is 0 Å². The molecule has 25 heavy (non-hydrogen) atoms. The monoisotopic (exact) mass is 365 g/mol. The van der Waals surface area contributed by atoms with Gasteiger partial charge in [-0.25, -0.2) is 14.6 Å². The van der Waals surface area contributed by atoms with Gasteiger partial charge in [-0.15, -0.1) is 0 Å². The number of hydrogen-bond donors (Lipinski definition) is 2. The smallest absolute Gasteiger partial charge is 0.358 e. The number of allylic oxidation sites excluding steroid dienone is 1. The third-order valence-corrected chi connectivity index (χ3v) is 4.82. The van der Waals surface area contributed by atoms with Crippen molar-refractivity contribution in [3.8, 4) is 0 Å². The minimum atomic E-state index is -0.665. The highest BCUT2D eigenvalue weighted by molar-refractivity contribution is 7.18. The molecule has 0 saturated heterocycles. The van der Waals surface area contributed by atoms with Gasteiger partial charge in [0.2, 0.25) is 0 Å². The lowest BCUT2D eigenvalue weighted by Gasteiger charge is -2.12. The number of nitrogens with one attached hydrogen (secondary N) is 2. The predicted molar refractivity (Wildman–Crippen MR) is 96.3 cm³/mol. The number of ether oxygens (including phenoxy) is 1. The molecule has 1 aliphatic rings. The molecule has 0 saturated carbocycles. The van der Waals surface area contributed by atoms with E-state index in [-0.39, 0.29) is 28.1 Å². The lowest BCUT2D eigenvalue weighted by molar-refractivity contribution is 0.0517. The second-order valence-corrected chi connectivity index (χ2v) is 6.71. The summed E-state index contributed by atoms with van der Waals surface area (Å²) in [6.45, 7) is 3.74. The zero-order valence-corrected chi connectivity index (χ0v) is 15.3. The van der Waals surface area contributed by atoms with Crippen LogP contribution in [-0.2, 0) is 4.74 Å². The molecule has 0 radical (unpaired) electrons. The second kappa shape index (κ2) is 9.31. The van der Waals surface area contributed by atoms with Crippen LogP contribution < -0.4 is 10.6 Å². The van der Waals surface area contributed by atoms with Crippen LogP contribution in [0.5, 0.6) is 0 Å². The van der Waals surface area contributed by atoms with Crippen molar-refractivity contribution in [1.82, 2.24) is 10.3 Å². The number of nitrogens with zero attached hydrogens (tertiary/aromatic N) is 1. The molecule has 0 spiro atoms. The summed E-state index contributed by atoms with van der Waals surface area (Å²) in [5.41, 5.74) is 1.33. The zero-order valence-electron chi connectivity index (χ0n) is 14.5. The first-order chi connectivity index (χ1) is 12.0. The fraction of sp³-hybridized carbons (Fsp3) is 0.529. The molecule has 0 bridgehead atoms. The number of rotatable bonds is 7. The summed E-state index contributed by atoms with van der Waals surface area (Å²) in [6.07, 6.45) is 7.74. The van der Waals surface area contributed by atoms with Crippen molar-refractivity contribution in [3.05, 3.63) is 22.2 Å². The number of Topliss-reactive ketones (excluding diaryl/α,β-unsaturated/α-hetero) is 1. The largest absolute Gasteiger partial charge is 0.461 e. The van der Waals surface area contributed by atoms with Gasteiger partial charge < -0.3 is 10.1 Å². The maximum Gasteiger partial charge on any atom is 0.358 e. The molecule has 0 aromatic carbocycles. The Labute approximate surface area is 150 Å². The highest BCUT2D eigenvalue weighted by Gasteiger charge is 2.23. The maximum absolute atomic E-state index is 12.0. The van der Waals surface area contributed by atoms with Crippen molar-refractivity contribution >= 4 is 34.3 Å². The predicted octanol–water partition coefficient (Wildman–Crippen LogP) is 3.53. The minimum Gasteiger partial charge on any atom is -0.461 e. The van der Waals surface area contributed by atoms with E-state index < -0.39 is 12.0 Å². The number of carbonyl (C=O) groups is 3. The summed E-state index contributed by atoms with van der Waals surface area (Å²) < 4.78 is 4.89. The van der Waals surface area contributed by atoms with Gasteiger partial charge in [0.1, 0.15) is 4.88 Å². The minimum absolute atomic E-state index is 0.0537. The third-order valence-electron chi connectivity index (χ3n) is 3.75. The number of carbonyl (C=O) groups excluding carboxylic acids is 3. The van der Waals surface area contributed by atoms with Crippen LogP contribution in [0.3, 0.4) is 0 Å². The lowest BCUT2D eigenvalue weighted by atomic mass is 9.97. The van der Waals surface area contributed by atoms with Gasteiger partial charge in [0, 0.05) is 13.5 Å². The van der Waals surface area contributed by atoms with E-state index in [1.54, 1.807) is 6.92 Å². The van der Waals surface area contributed by atoms with Gasteiger partial charge in [-0.3, -0.25) is 10.1 Å². The molecule has 1 aromatic heterocycles. The Morgan fingerprint density at radius 1 is 1.32 bits per heavy atom. The van der Waals surface area contributed by atoms with Crippen LogP contribution in [0.25, 0.3) is 0 Å². The van der Waals surface area contributed by atoms with Crippen molar-refractivity contribution in [2.45, 2.75) is 46.0 Å². The van der Waals surface area contributed by atoms with Crippen LogP contribution in [-0.4, -0.2) is 35.9 Å². The molecule has 1 heterocycles. The highest BCUT2D eigenvalue weighted by atomic mass is 32.1. The first-order valence-electron chi connectivity index (χ1n) is 8.43. The Morgan fingerprint density at radius 2 is 2.12 bits per heavy atom. The van der Waals surface area contributed by atoms with Crippen LogP contribution in [0.2, 0.25) is 0 Å². The Hall–Kier alpha value is -2.22. The Morgan fingerprint density at radius 3 is 2.76 bits per heavy atom. The average Bonchev–Trinajstić information content (AvgIpc) is 3.00. The van der Waals surface area contributed by atoms with Crippen LogP contribution in [0.15, 0.2) is 11.6 Å². The fourth-order valence-electron chi connectivity index (χ4n) is 2.56. The summed E-state index contributed by atoms with van der Waals surface area (Å²) in [5, 5.41) is 5.53. The second-order valence-electron chi connectivity index (χ2n) is 5.71. The van der Waals surface area contributed by atoms with Crippen LogP contribution in [0.4, 0.5) is 9.93 Å². The fourth-order valence-corrected chi connectivity index (χ4v) is 3.40. The molecule has 2 amide bonds. The number of urea groups is 1. The molecular weight excluding hydrogens is 342 g/mol. The van der Waals surface area contributed by atoms with E-state index in [2.05, 4.69) is 21.7 Å². The molecule has 0 atom stereocenters. The SMILES string of the molecule is CCOC(=O)c1nc(NC(=O)NCCC2=CCCCC2)sc1C(C)=O. The van der Waals surface area contributed by atoms with E-state index in [1.807, 2.05) is 0 Å². The number of amides is 2. The van der Waals surface area contributed by atoms with Crippen molar-refractivity contribution in [3.63, 3.8) is 0 Å². The Bertz CT molecular complexity index is 681. The molecule has 0 aliphatic heterocycles. The van der Waals surface area contributed by atoms with E-state index in [1.165, 1.54) is 25.3 Å². The van der Waals surface area contributed by atoms with Gasteiger partial charge in [-0.05, 0) is 39.0 Å². The third kappa shape index (κ3) is 5.67. The number of anilines is 1. The molecule has 8 heteroatoms. The molecule has 0 fully saturated rings. The molecule has 2 N–H and O–H groups in total. The Kier molecular flexibility index (Phi) is 7.12. The van der Waals surface area contributed by atoms with Gasteiger partial charge >= 0.3 is 12.0 Å². The van der Waals surface area contributed by atoms with Crippen LogP contribution in [0.1, 0.15) is 66.1 Å². The van der Waals surface area contributed by atoms with Crippen LogP contribution in [0, 0.1) is 0 Å². The van der Waals surface area contributed by atoms with Crippen molar-refractivity contribution < 1.29 is 19.1 Å². The number of hydrogen-bond acceptors (Lipinski definition) is 6. The Balaban J connectivity index is 1.91. The number of aromatic nitrogens is 1. The molecule has 1 aliphatic carbocycles. The van der Waals surface area contributed by atoms with Gasteiger partial charge in [-0.1, -0.05) is 23.0 Å². The van der Waals surface area contributed by atoms with E-state index in [9.17, 15) is 14.4 Å². The van der Waals surface area contributed by atoms with E-state index in [0.29, 0.717) is 6.54 Å². The van der Waals surface area contributed by atoms with E-state index in [0.717, 1.165) is 30.6 Å². The molecule has 0 unspecified atom stereocenters. The number of ketones is 1. The number of thiazole rings is 1. The topological polar surface area (TPSA) is 97.4 Å². The lowest BCUT2D eigenvalue weighted by Crippen LogP contribution is -2.29. The standard InChI is InChI=1S/C17H23N3O4S/c1-3-24-15(22)13-14(11(2)21)25-17(19-13)20-16(23)18-10-9-12-7-5-4-6-8-12/h7H,3-6,8-10H2,1-2H3,(H2,18,19,20,23). The van der Waals surface area contributed by atoms with Crippen molar-refractivity contribution in [2.75, 3.05) is 18.5 Å². The van der Waals surface area contributed by atoms with E-state index in [4.69, 9.17) is 4.74 Å². The zero-order chi connectivity index (χ0) is 18.2. The summed E-state index contributed by atoms with van der Waals surface area (Å²) in [6, 6.07) is -0.407. The first kappa shape index (κ1) is 19.1. The van der Waals surface area contributed by atoms with Gasteiger partial charge in [0.25, 0.3) is 0 Å². The molecular formula is C17H23N3O4S. The molecule has 136 valence electrons. The van der Waals surface area contributed by atoms with E-state index >= 15 is 0 Å². The van der Waals surface area contributed by atoms with Gasteiger partial charge in [-0.2, -0.15) is 0 Å². The summed E-state index contributed by atoms with van der Waals surface area (Å²) in [7, 11) is 0. The average molecular weight is 365 g/mol. The number of esters is 1. The van der Waals surface area contributed by atoms with Gasteiger partial charge in [0.05, 0.1) is 6.61 Å². The summed E-state index contributed by atoms with van der Waals surface area (Å²) in [4.78, 5) is 39.7. The quantitative estimate of drug-likeness (QED) is 0.438. The van der Waals surface area contributed by atoms with Crippen LogP contribution >= 0.6 is 11.3 Å². The summed E-state index contributed by atoms with van der Waals surface area (Å²) in [5.74, 6) is -0.958. The normalized spacial score (nSPS) is 13.8. The van der Waals surface area contributed by atoms with Crippen molar-refractivity contribution in [1.29, 1.82) is 0 Å². The first-order valence-corrected chi connectivity index (χ1v) is 9.24. The molecule has 1 aromatic rings. The maximum atomic E-state index is 12.0. The van der Waals surface area contributed by atoms with Gasteiger partial charge in [0.15, 0.2) is 16.6 Å². The molecule has 7 nitrogen and oxygen atoms in total.